The zero-order valence-electron chi connectivity index (χ0n) is 6.09. The van der Waals surface area contributed by atoms with Gasteiger partial charge in [-0.2, -0.15) is 0 Å². The Morgan fingerprint density at radius 2 is 1.90 bits per heavy atom. The van der Waals surface area contributed by atoms with Crippen molar-refractivity contribution in [1.82, 2.24) is 0 Å². The molecule has 56 valence electrons. The van der Waals surface area contributed by atoms with Gasteiger partial charge in [-0.3, -0.25) is 0 Å². The van der Waals surface area contributed by atoms with Crippen molar-refractivity contribution in [2.24, 2.45) is 16.9 Å². The van der Waals surface area contributed by atoms with Crippen molar-refractivity contribution in [3.05, 3.63) is 24.3 Å². The standard InChI is InChI=1S/C8H14N2/c9-6-8(7-10)4-2-1-3-5-8/h1-4H,5-7,9-10H2. The Morgan fingerprint density at radius 3 is 2.20 bits per heavy atom. The monoisotopic (exact) mass is 138 g/mol. The topological polar surface area (TPSA) is 52.0 Å². The van der Waals surface area contributed by atoms with Gasteiger partial charge in [0, 0.05) is 18.5 Å². The van der Waals surface area contributed by atoms with E-state index in [1.54, 1.807) is 0 Å². The van der Waals surface area contributed by atoms with Crippen molar-refractivity contribution >= 4 is 0 Å². The lowest BCUT2D eigenvalue weighted by Crippen LogP contribution is -2.36. The van der Waals surface area contributed by atoms with Crippen LogP contribution in [0.4, 0.5) is 0 Å². The van der Waals surface area contributed by atoms with Gasteiger partial charge < -0.3 is 11.5 Å². The third-order valence-corrected chi connectivity index (χ3v) is 2.03. The molecule has 0 amide bonds. The highest BCUT2D eigenvalue weighted by Gasteiger charge is 2.22. The van der Waals surface area contributed by atoms with E-state index in [2.05, 4.69) is 12.2 Å². The van der Waals surface area contributed by atoms with Crippen LogP contribution in [0.15, 0.2) is 24.3 Å². The lowest BCUT2D eigenvalue weighted by Gasteiger charge is -2.27. The average molecular weight is 138 g/mol. The summed E-state index contributed by atoms with van der Waals surface area (Å²) in [6.07, 6.45) is 9.25. The van der Waals surface area contributed by atoms with Crippen LogP contribution in [0.2, 0.25) is 0 Å². The molecular formula is C8H14N2. The minimum atomic E-state index is 0.0503. The largest absolute Gasteiger partial charge is 0.330 e. The summed E-state index contributed by atoms with van der Waals surface area (Å²) in [7, 11) is 0. The summed E-state index contributed by atoms with van der Waals surface area (Å²) in [6, 6.07) is 0. The molecule has 1 rings (SSSR count). The van der Waals surface area contributed by atoms with Crippen LogP contribution in [0.1, 0.15) is 6.42 Å². The van der Waals surface area contributed by atoms with E-state index in [1.807, 2.05) is 12.2 Å². The van der Waals surface area contributed by atoms with Crippen molar-refractivity contribution in [3.8, 4) is 0 Å². The number of hydrogen-bond donors (Lipinski definition) is 2. The maximum absolute atomic E-state index is 5.58. The van der Waals surface area contributed by atoms with Crippen LogP contribution < -0.4 is 11.5 Å². The quantitative estimate of drug-likeness (QED) is 0.580. The first-order valence-corrected chi connectivity index (χ1v) is 3.57. The van der Waals surface area contributed by atoms with Gasteiger partial charge in [0.15, 0.2) is 0 Å². The van der Waals surface area contributed by atoms with E-state index >= 15 is 0 Å². The number of nitrogens with two attached hydrogens (primary N) is 2. The van der Waals surface area contributed by atoms with Gasteiger partial charge in [0.1, 0.15) is 0 Å². The summed E-state index contributed by atoms with van der Waals surface area (Å²) >= 11 is 0. The molecule has 4 N–H and O–H groups in total. The maximum atomic E-state index is 5.58. The molecule has 0 fully saturated rings. The van der Waals surface area contributed by atoms with E-state index in [0.717, 1.165) is 6.42 Å². The first-order chi connectivity index (χ1) is 4.83. The first kappa shape index (κ1) is 7.51. The van der Waals surface area contributed by atoms with Crippen molar-refractivity contribution in [1.29, 1.82) is 0 Å². The molecule has 0 aromatic heterocycles. The van der Waals surface area contributed by atoms with Crippen molar-refractivity contribution < 1.29 is 0 Å². The van der Waals surface area contributed by atoms with Crippen molar-refractivity contribution in [3.63, 3.8) is 0 Å². The molecule has 0 bridgehead atoms. The van der Waals surface area contributed by atoms with Gasteiger partial charge in [-0.25, -0.2) is 0 Å². The smallest absolute Gasteiger partial charge is 0.0164 e. The Morgan fingerprint density at radius 1 is 1.20 bits per heavy atom. The lowest BCUT2D eigenvalue weighted by molar-refractivity contribution is 0.408. The zero-order valence-corrected chi connectivity index (χ0v) is 6.09. The maximum Gasteiger partial charge on any atom is 0.0164 e. The predicted octanol–water partition coefficient (Wildman–Crippen LogP) is 0.406. The van der Waals surface area contributed by atoms with E-state index in [0.29, 0.717) is 13.1 Å². The lowest BCUT2D eigenvalue weighted by atomic mass is 9.82. The molecular weight excluding hydrogens is 124 g/mol. The molecule has 0 aromatic carbocycles. The second-order valence-corrected chi connectivity index (χ2v) is 2.76. The van der Waals surface area contributed by atoms with E-state index < -0.39 is 0 Å². The summed E-state index contributed by atoms with van der Waals surface area (Å²) in [4.78, 5) is 0. The van der Waals surface area contributed by atoms with Crippen LogP contribution in [0.25, 0.3) is 0 Å². The van der Waals surface area contributed by atoms with E-state index in [9.17, 15) is 0 Å². The molecule has 0 radical (unpaired) electrons. The third-order valence-electron chi connectivity index (χ3n) is 2.03. The Hall–Kier alpha value is -0.600. The molecule has 1 aliphatic carbocycles. The normalized spacial score (nSPS) is 21.4. The summed E-state index contributed by atoms with van der Waals surface area (Å²) in [5, 5.41) is 0. The second-order valence-electron chi connectivity index (χ2n) is 2.76. The third kappa shape index (κ3) is 1.28. The molecule has 0 aromatic rings. The fourth-order valence-corrected chi connectivity index (χ4v) is 1.10. The van der Waals surface area contributed by atoms with E-state index in [4.69, 9.17) is 11.5 Å². The van der Waals surface area contributed by atoms with E-state index in [-0.39, 0.29) is 5.41 Å². The summed E-state index contributed by atoms with van der Waals surface area (Å²) < 4.78 is 0. The van der Waals surface area contributed by atoms with E-state index in [1.165, 1.54) is 0 Å². The Balaban J connectivity index is 2.66. The highest BCUT2D eigenvalue weighted by atomic mass is 14.7. The minimum absolute atomic E-state index is 0.0503. The molecule has 0 spiro atoms. The number of hydrogen-bond acceptors (Lipinski definition) is 2. The van der Waals surface area contributed by atoms with Gasteiger partial charge in [0.25, 0.3) is 0 Å². The summed E-state index contributed by atoms with van der Waals surface area (Å²) in [5.41, 5.74) is 11.2. The highest BCUT2D eigenvalue weighted by molar-refractivity contribution is 5.17. The van der Waals surface area contributed by atoms with Crippen LogP contribution >= 0.6 is 0 Å². The molecule has 0 saturated heterocycles. The zero-order chi connectivity index (χ0) is 7.45. The molecule has 0 saturated carbocycles. The molecule has 0 aliphatic heterocycles. The van der Waals surface area contributed by atoms with Gasteiger partial charge in [0.05, 0.1) is 0 Å². The fourth-order valence-electron chi connectivity index (χ4n) is 1.10. The van der Waals surface area contributed by atoms with Crippen molar-refractivity contribution in [2.45, 2.75) is 6.42 Å². The van der Waals surface area contributed by atoms with Gasteiger partial charge in [0.2, 0.25) is 0 Å². The second kappa shape index (κ2) is 2.99. The van der Waals surface area contributed by atoms with Crippen LogP contribution in [-0.2, 0) is 0 Å². The van der Waals surface area contributed by atoms with Crippen molar-refractivity contribution in [2.75, 3.05) is 13.1 Å². The molecule has 2 heteroatoms. The Kier molecular flexibility index (Phi) is 2.25. The molecule has 2 nitrogen and oxygen atoms in total. The molecule has 10 heavy (non-hydrogen) atoms. The summed E-state index contributed by atoms with van der Waals surface area (Å²) in [6.45, 7) is 1.29. The van der Waals surface area contributed by atoms with Crippen LogP contribution in [-0.4, -0.2) is 13.1 Å². The SMILES string of the molecule is NCC1(CN)C=CC=CC1. The predicted molar refractivity (Wildman–Crippen MR) is 43.4 cm³/mol. The van der Waals surface area contributed by atoms with Gasteiger partial charge in [-0.1, -0.05) is 24.3 Å². The minimum Gasteiger partial charge on any atom is -0.330 e. The van der Waals surface area contributed by atoms with Gasteiger partial charge >= 0.3 is 0 Å². The molecule has 0 atom stereocenters. The van der Waals surface area contributed by atoms with Gasteiger partial charge in [-0.05, 0) is 6.42 Å². The Bertz CT molecular complexity index is 155. The number of rotatable bonds is 2. The number of allylic oxidation sites excluding steroid dienone is 3. The average Bonchev–Trinajstić information content (AvgIpc) is 2.06. The van der Waals surface area contributed by atoms with Gasteiger partial charge in [-0.15, -0.1) is 0 Å². The fraction of sp³-hybridized carbons (Fsp3) is 0.500. The van der Waals surface area contributed by atoms with Crippen LogP contribution in [0, 0.1) is 5.41 Å². The molecule has 0 heterocycles. The highest BCUT2D eigenvalue weighted by Crippen LogP contribution is 2.24. The Labute approximate surface area is 61.6 Å². The summed E-state index contributed by atoms with van der Waals surface area (Å²) in [5.74, 6) is 0. The molecule has 0 unspecified atom stereocenters. The van der Waals surface area contributed by atoms with Crippen LogP contribution in [0.5, 0.6) is 0 Å². The first-order valence-electron chi connectivity index (χ1n) is 3.57. The van der Waals surface area contributed by atoms with Crippen LogP contribution in [0.3, 0.4) is 0 Å². The molecule has 1 aliphatic rings.